The number of amides is 1. The molecular formula is C23H20ClN3O2S2. The third-order valence-corrected chi connectivity index (χ3v) is 6.37. The van der Waals surface area contributed by atoms with Crippen LogP contribution in [0.5, 0.6) is 5.75 Å². The number of benzene rings is 2. The second-order valence-electron chi connectivity index (χ2n) is 6.88. The van der Waals surface area contributed by atoms with Gasteiger partial charge in [0.2, 0.25) is 5.91 Å². The third-order valence-electron chi connectivity index (χ3n) is 4.48. The molecule has 0 spiro atoms. The number of nitrogens with one attached hydrogen (secondary N) is 1. The smallest absolute Gasteiger partial charge is 0.226 e. The fourth-order valence-corrected chi connectivity index (χ4v) is 4.34. The van der Waals surface area contributed by atoms with E-state index in [4.69, 9.17) is 16.3 Å². The molecule has 0 aliphatic heterocycles. The van der Waals surface area contributed by atoms with Gasteiger partial charge in [0.25, 0.3) is 0 Å². The number of carbonyl (C=O) groups is 1. The highest BCUT2D eigenvalue weighted by Gasteiger charge is 2.09. The molecule has 0 radical (unpaired) electrons. The lowest BCUT2D eigenvalue weighted by Gasteiger charge is -2.05. The zero-order valence-electron chi connectivity index (χ0n) is 16.8. The second-order valence-corrected chi connectivity index (χ2v) is 9.32. The number of nitrogens with zero attached hydrogens (tertiary/aromatic N) is 2. The number of hydrogen-bond acceptors (Lipinski definition) is 6. The lowest BCUT2D eigenvalue weighted by atomic mass is 10.1. The molecule has 0 atom stereocenters. The van der Waals surface area contributed by atoms with Crippen molar-refractivity contribution in [1.82, 2.24) is 15.3 Å². The molecule has 0 saturated carbocycles. The van der Waals surface area contributed by atoms with Crippen molar-refractivity contribution in [2.75, 3.05) is 0 Å². The topological polar surface area (TPSA) is 64.1 Å². The lowest BCUT2D eigenvalue weighted by Crippen LogP contribution is -2.24. The van der Waals surface area contributed by atoms with Crippen LogP contribution in [0.1, 0.15) is 21.3 Å². The van der Waals surface area contributed by atoms with E-state index in [9.17, 15) is 4.79 Å². The van der Waals surface area contributed by atoms with Crippen LogP contribution in [0.3, 0.4) is 0 Å². The van der Waals surface area contributed by atoms with E-state index >= 15 is 0 Å². The normalized spacial score (nSPS) is 10.8. The van der Waals surface area contributed by atoms with Crippen molar-refractivity contribution in [2.45, 2.75) is 26.5 Å². The molecule has 4 aromatic rings. The quantitative estimate of drug-likeness (QED) is 0.361. The Morgan fingerprint density at radius 1 is 1.03 bits per heavy atom. The molecule has 158 valence electrons. The maximum atomic E-state index is 12.3. The van der Waals surface area contributed by atoms with Crippen LogP contribution in [-0.2, 0) is 24.4 Å². The minimum atomic E-state index is -0.0605. The zero-order chi connectivity index (χ0) is 21.6. The van der Waals surface area contributed by atoms with Gasteiger partial charge in [-0.3, -0.25) is 4.79 Å². The van der Waals surface area contributed by atoms with Gasteiger partial charge in [-0.2, -0.15) is 0 Å². The Labute approximate surface area is 193 Å². The largest absolute Gasteiger partial charge is 0.486 e. The number of rotatable bonds is 8. The summed E-state index contributed by atoms with van der Waals surface area (Å²) >= 11 is 8.99. The first-order valence-electron chi connectivity index (χ1n) is 9.65. The molecule has 0 bridgehead atoms. The van der Waals surface area contributed by atoms with Crippen molar-refractivity contribution < 1.29 is 9.53 Å². The molecule has 8 heteroatoms. The zero-order valence-corrected chi connectivity index (χ0v) is 19.2. The van der Waals surface area contributed by atoms with Gasteiger partial charge in [-0.15, -0.1) is 22.7 Å². The van der Waals surface area contributed by atoms with E-state index < -0.39 is 0 Å². The number of thiazole rings is 2. The van der Waals surface area contributed by atoms with E-state index in [0.717, 1.165) is 38.3 Å². The Morgan fingerprint density at radius 3 is 2.52 bits per heavy atom. The van der Waals surface area contributed by atoms with Crippen molar-refractivity contribution in [1.29, 1.82) is 0 Å². The third kappa shape index (κ3) is 6.13. The Hall–Kier alpha value is -2.74. The fraction of sp³-hybridized carbons (Fsp3) is 0.174. The molecule has 0 unspecified atom stereocenters. The van der Waals surface area contributed by atoms with Crippen molar-refractivity contribution in [3.63, 3.8) is 0 Å². The van der Waals surface area contributed by atoms with Crippen molar-refractivity contribution >= 4 is 40.2 Å². The predicted molar refractivity (Wildman–Crippen MR) is 126 cm³/mol. The van der Waals surface area contributed by atoms with Crippen LogP contribution < -0.4 is 10.1 Å². The van der Waals surface area contributed by atoms with Crippen LogP contribution in [0.2, 0.25) is 5.02 Å². The van der Waals surface area contributed by atoms with Gasteiger partial charge in [-0.1, -0.05) is 35.9 Å². The van der Waals surface area contributed by atoms with Crippen molar-refractivity contribution in [2.24, 2.45) is 0 Å². The van der Waals surface area contributed by atoms with Crippen LogP contribution in [0.4, 0.5) is 0 Å². The lowest BCUT2D eigenvalue weighted by molar-refractivity contribution is -0.120. The molecule has 1 amide bonds. The molecule has 1 N–H and O–H groups in total. The van der Waals surface area contributed by atoms with Gasteiger partial charge in [0.05, 0.1) is 22.8 Å². The molecule has 4 rings (SSSR count). The summed E-state index contributed by atoms with van der Waals surface area (Å²) < 4.78 is 5.70. The van der Waals surface area contributed by atoms with Crippen LogP contribution in [0, 0.1) is 6.92 Å². The van der Waals surface area contributed by atoms with Crippen LogP contribution in [0.15, 0.2) is 59.3 Å². The number of aromatic nitrogens is 2. The summed E-state index contributed by atoms with van der Waals surface area (Å²) in [6.45, 7) is 2.83. The average Bonchev–Trinajstić information content (AvgIpc) is 3.41. The number of carbonyl (C=O) groups excluding carboxylic acids is 1. The maximum absolute atomic E-state index is 12.3. The van der Waals surface area contributed by atoms with Crippen molar-refractivity contribution in [3.8, 4) is 17.0 Å². The molecule has 2 aromatic carbocycles. The number of hydrogen-bond donors (Lipinski definition) is 1. The summed E-state index contributed by atoms with van der Waals surface area (Å²) in [7, 11) is 0. The van der Waals surface area contributed by atoms with Gasteiger partial charge in [-0.05, 0) is 36.8 Å². The van der Waals surface area contributed by atoms with Crippen LogP contribution in [0.25, 0.3) is 11.3 Å². The number of halogens is 1. The Kier molecular flexibility index (Phi) is 6.96. The summed E-state index contributed by atoms with van der Waals surface area (Å²) in [6.07, 6.45) is 0.244. The van der Waals surface area contributed by atoms with Crippen molar-refractivity contribution in [3.05, 3.63) is 85.6 Å². The van der Waals surface area contributed by atoms with E-state index in [1.165, 1.54) is 11.3 Å². The van der Waals surface area contributed by atoms with E-state index in [-0.39, 0.29) is 12.3 Å². The maximum Gasteiger partial charge on any atom is 0.226 e. The second kappa shape index (κ2) is 10.0. The molecular weight excluding hydrogens is 450 g/mol. The Morgan fingerprint density at radius 2 is 1.81 bits per heavy atom. The molecule has 0 fully saturated rings. The number of aryl methyl sites for hydroxylation is 1. The van der Waals surface area contributed by atoms with E-state index in [2.05, 4.69) is 20.7 Å². The van der Waals surface area contributed by atoms with Gasteiger partial charge >= 0.3 is 0 Å². The number of ether oxygens (including phenoxy) is 1. The van der Waals surface area contributed by atoms with Gasteiger partial charge in [-0.25, -0.2) is 9.97 Å². The summed E-state index contributed by atoms with van der Waals surface area (Å²) in [5.41, 5.74) is 3.85. The average molecular weight is 470 g/mol. The predicted octanol–water partition coefficient (Wildman–Crippen LogP) is 5.67. The SMILES string of the molecule is Cc1nc(-c2ccc(CNC(=O)Cc3csc(COc4ccc(Cl)cc4)n3)cc2)cs1. The first-order valence-corrected chi connectivity index (χ1v) is 11.8. The van der Waals surface area contributed by atoms with Crippen LogP contribution >= 0.6 is 34.3 Å². The molecule has 2 aromatic heterocycles. The molecule has 0 saturated heterocycles. The highest BCUT2D eigenvalue weighted by molar-refractivity contribution is 7.10. The van der Waals surface area contributed by atoms with Crippen LogP contribution in [-0.4, -0.2) is 15.9 Å². The summed E-state index contributed by atoms with van der Waals surface area (Å²) in [4.78, 5) is 21.3. The molecule has 0 aliphatic rings. The highest BCUT2D eigenvalue weighted by atomic mass is 35.5. The monoisotopic (exact) mass is 469 g/mol. The van der Waals surface area contributed by atoms with Gasteiger partial charge < -0.3 is 10.1 Å². The molecule has 2 heterocycles. The van der Waals surface area contributed by atoms with E-state index in [1.807, 2.05) is 48.7 Å². The molecule has 31 heavy (non-hydrogen) atoms. The first-order chi connectivity index (χ1) is 15.0. The van der Waals surface area contributed by atoms with Gasteiger partial charge in [0, 0.05) is 27.9 Å². The summed E-state index contributed by atoms with van der Waals surface area (Å²) in [5.74, 6) is 0.671. The first kappa shape index (κ1) is 21.5. The van der Waals surface area contributed by atoms with Gasteiger partial charge in [0.1, 0.15) is 17.4 Å². The summed E-state index contributed by atoms with van der Waals surface area (Å²) in [5, 5.41) is 9.44. The Bertz CT molecular complexity index is 1150. The van der Waals surface area contributed by atoms with Gasteiger partial charge in [0.15, 0.2) is 0 Å². The minimum Gasteiger partial charge on any atom is -0.486 e. The Balaban J connectivity index is 1.24. The fourth-order valence-electron chi connectivity index (χ4n) is 2.89. The van der Waals surface area contributed by atoms with E-state index in [1.54, 1.807) is 23.5 Å². The molecule has 5 nitrogen and oxygen atoms in total. The highest BCUT2D eigenvalue weighted by Crippen LogP contribution is 2.22. The summed E-state index contributed by atoms with van der Waals surface area (Å²) in [6, 6.07) is 15.3. The molecule has 0 aliphatic carbocycles. The minimum absolute atomic E-state index is 0.0605. The van der Waals surface area contributed by atoms with E-state index in [0.29, 0.717) is 18.2 Å². The standard InChI is InChI=1S/C23H20ClN3O2S2/c1-15-26-21(14-30-15)17-4-2-16(3-5-17)11-25-22(28)10-19-13-31-23(27-19)12-29-20-8-6-18(24)7-9-20/h2-9,13-14H,10-12H2,1H3,(H,25,28).